The zero-order chi connectivity index (χ0) is 55.0. The summed E-state index contributed by atoms with van der Waals surface area (Å²) in [5.74, 6) is -0.917. The van der Waals surface area contributed by atoms with E-state index in [2.05, 4.69) is 118 Å². The minimum Gasteiger partial charge on any atom is -0.462 e. The Bertz CT molecular complexity index is 1490. The molecule has 0 aromatic heterocycles. The standard InChI is InChI=1S/C70H120O6/c1-4-7-10-13-16-19-22-24-26-28-29-30-31-32-33-34-35-36-37-38-39-40-41-43-44-46-48-51-54-57-60-63-69(72)75-66-67(65-74-68(71)62-59-56-53-50-21-18-15-12-9-6-3)76-70(73)64-61-58-55-52-49-47-45-42-27-25-23-20-17-14-11-8-5-2/h8,11-12,15,17,20,22,24-25,27-29,31-32,45,47,67H,4-7,9-10,13-14,16,18-19,21,23,26,30,33-44,46,48-66H2,1-3H3/b11-8-,15-12-,20-17-,24-22-,27-25-,29-28-,32-31-,47-45-. The molecule has 0 aliphatic heterocycles. The van der Waals surface area contributed by atoms with Crippen LogP contribution in [0.4, 0.5) is 0 Å². The van der Waals surface area contributed by atoms with Crippen LogP contribution in [0.3, 0.4) is 0 Å². The highest BCUT2D eigenvalue weighted by Crippen LogP contribution is 2.16. The van der Waals surface area contributed by atoms with Crippen molar-refractivity contribution in [2.24, 2.45) is 0 Å². The second kappa shape index (κ2) is 63.9. The lowest BCUT2D eigenvalue weighted by atomic mass is 10.0. The van der Waals surface area contributed by atoms with Gasteiger partial charge in [-0.3, -0.25) is 14.4 Å². The quantitative estimate of drug-likeness (QED) is 0.0261. The van der Waals surface area contributed by atoms with Gasteiger partial charge in [-0.25, -0.2) is 0 Å². The average Bonchev–Trinajstić information content (AvgIpc) is 3.42. The summed E-state index contributed by atoms with van der Waals surface area (Å²) in [6, 6.07) is 0. The summed E-state index contributed by atoms with van der Waals surface area (Å²) in [6.07, 6.45) is 85.8. The van der Waals surface area contributed by atoms with Gasteiger partial charge in [-0.2, -0.15) is 0 Å². The van der Waals surface area contributed by atoms with Gasteiger partial charge in [0, 0.05) is 19.3 Å². The topological polar surface area (TPSA) is 78.9 Å². The lowest BCUT2D eigenvalue weighted by molar-refractivity contribution is -0.167. The summed E-state index contributed by atoms with van der Waals surface area (Å²) in [6.45, 7) is 6.44. The molecule has 0 rings (SSSR count). The van der Waals surface area contributed by atoms with Gasteiger partial charge in [0.15, 0.2) is 6.10 Å². The largest absolute Gasteiger partial charge is 0.462 e. The first-order valence-electron chi connectivity index (χ1n) is 32.2. The Hall–Kier alpha value is -3.67. The zero-order valence-corrected chi connectivity index (χ0v) is 50.0. The highest BCUT2D eigenvalue weighted by molar-refractivity contribution is 5.71. The summed E-state index contributed by atoms with van der Waals surface area (Å²) in [5, 5.41) is 0. The smallest absolute Gasteiger partial charge is 0.306 e. The molecule has 6 nitrogen and oxygen atoms in total. The van der Waals surface area contributed by atoms with Crippen LogP contribution in [0.2, 0.25) is 0 Å². The molecule has 0 heterocycles. The van der Waals surface area contributed by atoms with Gasteiger partial charge in [0.05, 0.1) is 0 Å². The monoisotopic (exact) mass is 1060 g/mol. The van der Waals surface area contributed by atoms with Gasteiger partial charge < -0.3 is 14.2 Å². The van der Waals surface area contributed by atoms with E-state index in [1.165, 1.54) is 141 Å². The van der Waals surface area contributed by atoms with Crippen LogP contribution >= 0.6 is 0 Å². The van der Waals surface area contributed by atoms with Crippen LogP contribution in [0, 0.1) is 0 Å². The summed E-state index contributed by atoms with van der Waals surface area (Å²) < 4.78 is 16.9. The highest BCUT2D eigenvalue weighted by Gasteiger charge is 2.19. The number of allylic oxidation sites excluding steroid dienone is 16. The molecule has 0 spiro atoms. The Morgan fingerprint density at radius 2 is 0.539 bits per heavy atom. The average molecular weight is 1060 g/mol. The molecule has 76 heavy (non-hydrogen) atoms. The summed E-state index contributed by atoms with van der Waals surface area (Å²) >= 11 is 0. The lowest BCUT2D eigenvalue weighted by Crippen LogP contribution is -2.30. The maximum Gasteiger partial charge on any atom is 0.306 e. The molecule has 0 aromatic rings. The first-order valence-corrected chi connectivity index (χ1v) is 32.2. The molecular formula is C70H120O6. The van der Waals surface area contributed by atoms with Crippen LogP contribution in [0.25, 0.3) is 0 Å². The third-order valence-electron chi connectivity index (χ3n) is 13.8. The fraction of sp³-hybridized carbons (Fsp3) is 0.729. The lowest BCUT2D eigenvalue weighted by Gasteiger charge is -2.18. The van der Waals surface area contributed by atoms with Crippen LogP contribution in [-0.2, 0) is 28.6 Å². The number of hydrogen-bond donors (Lipinski definition) is 0. The van der Waals surface area contributed by atoms with Crippen molar-refractivity contribution < 1.29 is 28.6 Å². The van der Waals surface area contributed by atoms with Crippen molar-refractivity contribution in [2.75, 3.05) is 13.2 Å². The maximum absolute atomic E-state index is 12.9. The van der Waals surface area contributed by atoms with Gasteiger partial charge in [-0.1, -0.05) is 272 Å². The van der Waals surface area contributed by atoms with Crippen molar-refractivity contribution in [1.82, 2.24) is 0 Å². The SMILES string of the molecule is CC/C=C\C/C=C\C/C=C\C/C=C\CCCCCCC(=O)OC(COC(=O)CCCCCCC/C=C\CCC)COC(=O)CCCCCCCCCCCCCCCCCC/C=C\C/C=C\C/C=C\CCCCCCC. The Balaban J connectivity index is 4.17. The van der Waals surface area contributed by atoms with E-state index in [9.17, 15) is 14.4 Å². The van der Waals surface area contributed by atoms with Crippen molar-refractivity contribution in [3.05, 3.63) is 97.2 Å². The Labute approximate surface area is 470 Å². The summed E-state index contributed by atoms with van der Waals surface area (Å²) in [4.78, 5) is 38.2. The molecule has 0 amide bonds. The number of ether oxygens (including phenoxy) is 3. The maximum atomic E-state index is 12.9. The van der Waals surface area contributed by atoms with E-state index in [0.29, 0.717) is 19.3 Å². The van der Waals surface area contributed by atoms with Crippen LogP contribution in [0.5, 0.6) is 0 Å². The van der Waals surface area contributed by atoms with Gasteiger partial charge in [0.1, 0.15) is 13.2 Å². The number of rotatable bonds is 58. The molecule has 0 aliphatic rings. The molecule has 0 aliphatic carbocycles. The van der Waals surface area contributed by atoms with E-state index in [0.717, 1.165) is 128 Å². The van der Waals surface area contributed by atoms with Crippen LogP contribution < -0.4 is 0 Å². The normalized spacial score (nSPS) is 12.7. The van der Waals surface area contributed by atoms with E-state index in [4.69, 9.17) is 14.2 Å². The van der Waals surface area contributed by atoms with Crippen LogP contribution in [0.15, 0.2) is 97.2 Å². The van der Waals surface area contributed by atoms with Gasteiger partial charge >= 0.3 is 17.9 Å². The molecule has 0 saturated carbocycles. The predicted molar refractivity (Wildman–Crippen MR) is 330 cm³/mol. The molecule has 0 saturated heterocycles. The molecule has 6 heteroatoms. The van der Waals surface area contributed by atoms with Gasteiger partial charge in [-0.15, -0.1) is 0 Å². The molecule has 1 unspecified atom stereocenters. The number of carbonyl (C=O) groups excluding carboxylic acids is 3. The predicted octanol–water partition coefficient (Wildman–Crippen LogP) is 22.0. The molecule has 436 valence electrons. The molecule has 0 aromatic carbocycles. The van der Waals surface area contributed by atoms with Crippen LogP contribution in [0.1, 0.15) is 310 Å². The number of unbranched alkanes of at least 4 members (excludes halogenated alkanes) is 31. The molecule has 0 fully saturated rings. The van der Waals surface area contributed by atoms with Crippen molar-refractivity contribution in [3.8, 4) is 0 Å². The highest BCUT2D eigenvalue weighted by atomic mass is 16.6. The van der Waals surface area contributed by atoms with Gasteiger partial charge in [0.2, 0.25) is 0 Å². The fourth-order valence-electron chi connectivity index (χ4n) is 8.97. The first kappa shape index (κ1) is 72.3. The number of hydrogen-bond acceptors (Lipinski definition) is 6. The molecule has 0 N–H and O–H groups in total. The van der Waals surface area contributed by atoms with Crippen molar-refractivity contribution in [2.45, 2.75) is 316 Å². The molecule has 1 atom stereocenters. The van der Waals surface area contributed by atoms with Crippen molar-refractivity contribution in [3.63, 3.8) is 0 Å². The molecular weight excluding hydrogens is 937 g/mol. The van der Waals surface area contributed by atoms with Crippen molar-refractivity contribution >= 4 is 17.9 Å². The Kier molecular flexibility index (Phi) is 60.8. The third kappa shape index (κ3) is 61.2. The fourth-order valence-corrected chi connectivity index (χ4v) is 8.97. The van der Waals surface area contributed by atoms with Gasteiger partial charge in [0.25, 0.3) is 0 Å². The van der Waals surface area contributed by atoms with E-state index in [-0.39, 0.29) is 31.1 Å². The Morgan fingerprint density at radius 1 is 0.276 bits per heavy atom. The summed E-state index contributed by atoms with van der Waals surface area (Å²) in [7, 11) is 0. The summed E-state index contributed by atoms with van der Waals surface area (Å²) in [5.41, 5.74) is 0. The second-order valence-corrected chi connectivity index (χ2v) is 21.3. The van der Waals surface area contributed by atoms with Gasteiger partial charge in [-0.05, 0) is 116 Å². The molecule has 0 radical (unpaired) electrons. The van der Waals surface area contributed by atoms with E-state index >= 15 is 0 Å². The first-order chi connectivity index (χ1) is 37.5. The minimum atomic E-state index is -0.794. The minimum absolute atomic E-state index is 0.0890. The number of carbonyl (C=O) groups is 3. The van der Waals surface area contributed by atoms with Crippen molar-refractivity contribution in [1.29, 1.82) is 0 Å². The van der Waals surface area contributed by atoms with E-state index < -0.39 is 6.10 Å². The zero-order valence-electron chi connectivity index (χ0n) is 50.0. The molecule has 0 bridgehead atoms. The third-order valence-corrected chi connectivity index (χ3v) is 13.8. The van der Waals surface area contributed by atoms with E-state index in [1.54, 1.807) is 0 Å². The number of esters is 3. The second-order valence-electron chi connectivity index (χ2n) is 21.3. The van der Waals surface area contributed by atoms with E-state index in [1.807, 2.05) is 0 Å². The van der Waals surface area contributed by atoms with Crippen LogP contribution in [-0.4, -0.2) is 37.2 Å². The Morgan fingerprint density at radius 3 is 0.868 bits per heavy atom.